The number of halogens is 1. The largest absolute Gasteiger partial charge is 0.465 e. The van der Waals surface area contributed by atoms with Gasteiger partial charge in [0.25, 0.3) is 0 Å². The smallest absolute Gasteiger partial charge is 0.459 e. The Labute approximate surface area is 242 Å². The summed E-state index contributed by atoms with van der Waals surface area (Å²) in [6.07, 6.45) is -2.39. The number of alkyl halides is 1. The van der Waals surface area contributed by atoms with Gasteiger partial charge in [-0.3, -0.25) is 9.32 Å². The van der Waals surface area contributed by atoms with Crippen LogP contribution in [-0.2, 0) is 23.4 Å². The number of hydrogen-bond acceptors (Lipinski definition) is 9. The van der Waals surface area contributed by atoms with Crippen LogP contribution >= 0.6 is 7.75 Å². The molecule has 2 unspecified atom stereocenters. The predicted molar refractivity (Wildman–Crippen MR) is 156 cm³/mol. The Morgan fingerprint density at radius 3 is 2.71 bits per heavy atom. The number of nitrogen functional groups attached to an aromatic ring is 1. The number of ether oxygens (including phenoxy) is 2. The molecule has 7 atom stereocenters. The highest BCUT2D eigenvalue weighted by Crippen LogP contribution is 2.51. The first-order chi connectivity index (χ1) is 19.9. The number of aromatic nitrogens is 2. The van der Waals surface area contributed by atoms with Crippen molar-refractivity contribution in [2.75, 3.05) is 12.3 Å². The molecule has 4 aromatic rings. The zero-order chi connectivity index (χ0) is 30.2. The predicted octanol–water partition coefficient (Wildman–Crippen LogP) is 4.89. The first kappa shape index (κ1) is 29.9. The Hall–Kier alpha value is -3.54. The van der Waals surface area contributed by atoms with Gasteiger partial charge < -0.3 is 29.4 Å². The van der Waals surface area contributed by atoms with Crippen LogP contribution in [0.25, 0.3) is 21.8 Å². The van der Waals surface area contributed by atoms with E-state index in [9.17, 15) is 14.5 Å². The third-order valence-electron chi connectivity index (χ3n) is 7.29. The average Bonchev–Trinajstić information content (AvgIpc) is 3.47. The monoisotopic (exact) mass is 600 g/mol. The van der Waals surface area contributed by atoms with Crippen LogP contribution in [0.15, 0.2) is 67.0 Å². The highest BCUT2D eigenvalue weighted by molar-refractivity contribution is 7.52. The number of rotatable bonds is 10. The number of benzene rings is 2. The summed E-state index contributed by atoms with van der Waals surface area (Å²) in [7, 11) is -4.38. The number of esters is 1. The van der Waals surface area contributed by atoms with Crippen LogP contribution in [0.4, 0.5) is 10.1 Å². The summed E-state index contributed by atoms with van der Waals surface area (Å²) in [6, 6.07) is 14.7. The van der Waals surface area contributed by atoms with Crippen molar-refractivity contribution in [3.63, 3.8) is 0 Å². The van der Waals surface area contributed by atoms with Crippen LogP contribution in [0.1, 0.15) is 33.9 Å². The Morgan fingerprint density at radius 2 is 1.95 bits per heavy atom. The first-order valence-electron chi connectivity index (χ1n) is 13.6. The molecule has 0 aliphatic carbocycles. The topological polar surface area (TPSA) is 147 Å². The second kappa shape index (κ2) is 11.6. The third-order valence-corrected chi connectivity index (χ3v) is 9.04. The minimum Gasteiger partial charge on any atom is -0.465 e. The molecule has 0 bridgehead atoms. The highest BCUT2D eigenvalue weighted by Gasteiger charge is 2.57. The van der Waals surface area contributed by atoms with Crippen molar-refractivity contribution in [2.24, 2.45) is 0 Å². The van der Waals surface area contributed by atoms with Crippen molar-refractivity contribution in [3.8, 4) is 5.75 Å². The number of aliphatic hydroxyl groups excluding tert-OH is 1. The molecule has 4 N–H and O–H groups in total. The van der Waals surface area contributed by atoms with Gasteiger partial charge >= 0.3 is 13.7 Å². The van der Waals surface area contributed by atoms with Crippen molar-refractivity contribution in [3.05, 3.63) is 67.0 Å². The molecule has 11 nitrogen and oxygen atoms in total. The molecule has 2 aromatic carbocycles. The van der Waals surface area contributed by atoms with Gasteiger partial charge in [0.2, 0.25) is 0 Å². The van der Waals surface area contributed by atoms with E-state index in [2.05, 4.69) is 10.1 Å². The minimum absolute atomic E-state index is 0.115. The third kappa shape index (κ3) is 5.60. The molecule has 2 aromatic heterocycles. The molecule has 0 spiro atoms. The van der Waals surface area contributed by atoms with Gasteiger partial charge in [0, 0.05) is 28.9 Å². The Bertz CT molecular complexity index is 1640. The van der Waals surface area contributed by atoms with Crippen molar-refractivity contribution in [2.45, 2.75) is 63.9 Å². The summed E-state index contributed by atoms with van der Waals surface area (Å²) in [5.74, 6) is -0.439. The van der Waals surface area contributed by atoms with Crippen LogP contribution in [0.5, 0.6) is 5.75 Å². The molecule has 1 saturated heterocycles. The standard InChI is InChI=1S/C29H34FN4O7P/c1-5-38-27(36)17(2)33-42(37,41-23-12-8-10-19-9-6-7-11-20(19)23)40-18(3)24-25(35)29(4,30)28(39-24)34-16-14-21-22(31)13-15-32-26(21)34/h6-18,24-25,28,35H,5H2,1-4H3,(H2,31,32)(H,33,37)/t17-,18?,24+,25+,28+,29+,42?/m0/s1. The van der Waals surface area contributed by atoms with Gasteiger partial charge in [-0.2, -0.15) is 5.09 Å². The van der Waals surface area contributed by atoms with Gasteiger partial charge in [0.05, 0.1) is 12.7 Å². The van der Waals surface area contributed by atoms with Gasteiger partial charge in [-0.15, -0.1) is 0 Å². The number of fused-ring (bicyclic) bond motifs is 2. The Balaban J connectivity index is 1.44. The summed E-state index contributed by atoms with van der Waals surface area (Å²) in [5, 5.41) is 15.8. The van der Waals surface area contributed by atoms with E-state index >= 15 is 4.39 Å². The number of nitrogens with zero attached hydrogens (tertiary/aromatic N) is 2. The van der Waals surface area contributed by atoms with Crippen LogP contribution in [0.3, 0.4) is 0 Å². The number of anilines is 1. The molecule has 1 aliphatic rings. The summed E-state index contributed by atoms with van der Waals surface area (Å²) < 4.78 is 54.8. The van der Waals surface area contributed by atoms with Crippen LogP contribution in [-0.4, -0.2) is 57.3 Å². The van der Waals surface area contributed by atoms with E-state index in [1.807, 2.05) is 18.2 Å². The second-order valence-electron chi connectivity index (χ2n) is 10.4. The molecule has 1 aliphatic heterocycles. The highest BCUT2D eigenvalue weighted by atomic mass is 31.2. The van der Waals surface area contributed by atoms with Gasteiger partial charge in [-0.05, 0) is 51.3 Å². The van der Waals surface area contributed by atoms with Crippen molar-refractivity contribution >= 4 is 41.2 Å². The summed E-state index contributed by atoms with van der Waals surface area (Å²) >= 11 is 0. The molecule has 3 heterocycles. The summed E-state index contributed by atoms with van der Waals surface area (Å²) in [5.41, 5.74) is 4.58. The van der Waals surface area contributed by atoms with E-state index in [1.165, 1.54) is 31.5 Å². The van der Waals surface area contributed by atoms with Crippen LogP contribution in [0.2, 0.25) is 0 Å². The van der Waals surface area contributed by atoms with Crippen LogP contribution < -0.4 is 15.3 Å². The fourth-order valence-corrected chi connectivity index (χ4v) is 6.83. The lowest BCUT2D eigenvalue weighted by atomic mass is 9.96. The van der Waals surface area contributed by atoms with E-state index in [0.29, 0.717) is 22.1 Å². The first-order valence-corrected chi connectivity index (χ1v) is 15.1. The van der Waals surface area contributed by atoms with Gasteiger partial charge in [-0.25, -0.2) is 13.9 Å². The van der Waals surface area contributed by atoms with E-state index < -0.39 is 50.0 Å². The maximum atomic E-state index is 16.1. The number of nitrogens with two attached hydrogens (primary N) is 1. The fraction of sp³-hybridized carbons (Fsp3) is 0.379. The maximum Gasteiger partial charge on any atom is 0.459 e. The van der Waals surface area contributed by atoms with E-state index in [4.69, 9.17) is 24.3 Å². The van der Waals surface area contributed by atoms with Gasteiger partial charge in [-0.1, -0.05) is 36.4 Å². The summed E-state index contributed by atoms with van der Waals surface area (Å²) in [6.45, 7) is 5.91. The van der Waals surface area contributed by atoms with Crippen molar-refractivity contribution < 1.29 is 37.4 Å². The van der Waals surface area contributed by atoms with E-state index in [0.717, 1.165) is 5.39 Å². The number of hydrogen-bond donors (Lipinski definition) is 3. The molecule has 1 fully saturated rings. The lowest BCUT2D eigenvalue weighted by Gasteiger charge is -2.29. The molecular formula is C29H34FN4O7P. The van der Waals surface area contributed by atoms with Crippen molar-refractivity contribution in [1.82, 2.24) is 14.6 Å². The molecule has 0 radical (unpaired) electrons. The molecule has 5 rings (SSSR count). The Kier molecular flexibility index (Phi) is 8.28. The second-order valence-corrected chi connectivity index (χ2v) is 12.0. The lowest BCUT2D eigenvalue weighted by molar-refractivity contribution is -0.144. The van der Waals surface area contributed by atoms with Gasteiger partial charge in [0.1, 0.15) is 29.6 Å². The maximum absolute atomic E-state index is 16.1. The number of nitrogens with one attached hydrogen (secondary N) is 1. The number of pyridine rings is 1. The quantitative estimate of drug-likeness (QED) is 0.170. The van der Waals surface area contributed by atoms with E-state index in [1.54, 1.807) is 49.5 Å². The molecule has 13 heteroatoms. The molecule has 0 amide bonds. The average molecular weight is 601 g/mol. The lowest BCUT2D eigenvalue weighted by Crippen LogP contribution is -2.44. The minimum atomic E-state index is -4.38. The Morgan fingerprint density at radius 1 is 1.21 bits per heavy atom. The van der Waals surface area contributed by atoms with Gasteiger partial charge in [0.15, 0.2) is 11.9 Å². The van der Waals surface area contributed by atoms with E-state index in [-0.39, 0.29) is 12.4 Å². The number of carbonyl (C=O) groups excluding carboxylic acids is 1. The zero-order valence-electron chi connectivity index (χ0n) is 23.6. The zero-order valence-corrected chi connectivity index (χ0v) is 24.5. The normalized spacial score (nSPS) is 25.2. The molecule has 224 valence electrons. The fourth-order valence-electron chi connectivity index (χ4n) is 5.12. The van der Waals surface area contributed by atoms with Crippen molar-refractivity contribution in [1.29, 1.82) is 0 Å². The molecular weight excluding hydrogens is 566 g/mol. The number of carbonyl (C=O) groups is 1. The molecule has 42 heavy (non-hydrogen) atoms. The summed E-state index contributed by atoms with van der Waals surface area (Å²) in [4.78, 5) is 16.7. The SMILES string of the molecule is CCOC(=O)[C@H](C)NP(=O)(Oc1cccc2ccccc12)OC(C)[C@H]1O[C@@H](n2ccc3c(N)ccnc32)[C@](C)(F)[C@@H]1O. The van der Waals surface area contributed by atoms with Crippen LogP contribution in [0, 0.1) is 0 Å². The number of aliphatic hydroxyl groups is 1. The molecule has 0 saturated carbocycles.